The van der Waals surface area contributed by atoms with Crippen LogP contribution in [0.1, 0.15) is 49.4 Å². The van der Waals surface area contributed by atoms with Crippen molar-refractivity contribution in [1.82, 2.24) is 14.9 Å². The zero-order valence-corrected chi connectivity index (χ0v) is 20.4. The van der Waals surface area contributed by atoms with Gasteiger partial charge in [0.15, 0.2) is 0 Å². The van der Waals surface area contributed by atoms with E-state index in [-0.39, 0.29) is 12.1 Å². The number of carbonyl (C=O) groups excluding carboxylic acids is 1. The molecule has 10 heteroatoms. The molecule has 176 valence electrons. The maximum absolute atomic E-state index is 12.2. The Morgan fingerprint density at radius 3 is 2.79 bits per heavy atom. The van der Waals surface area contributed by atoms with Gasteiger partial charge in [-0.25, -0.2) is 13.1 Å². The third-order valence-corrected chi connectivity index (χ3v) is 7.71. The van der Waals surface area contributed by atoms with Gasteiger partial charge in [0.2, 0.25) is 10.0 Å². The number of carbonyl (C=O) groups is 1. The summed E-state index contributed by atoms with van der Waals surface area (Å²) < 4.78 is 32.7. The second kappa shape index (κ2) is 10.0. The summed E-state index contributed by atoms with van der Waals surface area (Å²) >= 11 is 1.42. The van der Waals surface area contributed by atoms with Gasteiger partial charge in [-0.15, -0.1) is 10.2 Å². The zero-order valence-electron chi connectivity index (χ0n) is 18.8. The van der Waals surface area contributed by atoms with Crippen LogP contribution in [-0.2, 0) is 21.2 Å². The summed E-state index contributed by atoms with van der Waals surface area (Å²) in [6.45, 7) is 3.81. The summed E-state index contributed by atoms with van der Waals surface area (Å²) in [5, 5.41) is 19.7. The molecular formula is C24H24N4O4S2. The van der Waals surface area contributed by atoms with Crippen molar-refractivity contribution in [3.8, 4) is 33.0 Å². The number of ether oxygens (including phenoxy) is 1. The first-order valence-electron chi connectivity index (χ1n) is 10.9. The maximum atomic E-state index is 12.2. The molecule has 0 spiro atoms. The lowest BCUT2D eigenvalue weighted by Gasteiger charge is -2.27. The predicted molar refractivity (Wildman–Crippen MR) is 130 cm³/mol. The minimum atomic E-state index is -3.68. The molecule has 1 aromatic heterocycles. The van der Waals surface area contributed by atoms with Crippen molar-refractivity contribution in [2.75, 3.05) is 5.75 Å². The molecule has 34 heavy (non-hydrogen) atoms. The third-order valence-electron chi connectivity index (χ3n) is 5.48. The van der Waals surface area contributed by atoms with Crippen LogP contribution in [0.25, 0.3) is 21.1 Å². The molecule has 8 nitrogen and oxygen atoms in total. The number of nitrogens with one attached hydrogen (secondary N) is 1. The van der Waals surface area contributed by atoms with Gasteiger partial charge in [-0.3, -0.25) is 0 Å². The van der Waals surface area contributed by atoms with E-state index in [1.165, 1.54) is 11.3 Å². The zero-order chi connectivity index (χ0) is 24.3. The van der Waals surface area contributed by atoms with Crippen LogP contribution in [0.2, 0.25) is 0 Å². The van der Waals surface area contributed by atoms with Crippen LogP contribution in [0.15, 0.2) is 36.4 Å². The molecule has 3 aromatic rings. The molecule has 0 bridgehead atoms. The number of aldehydes is 1. The molecule has 1 N–H and O–H groups in total. The molecule has 0 aliphatic heterocycles. The molecule has 1 heterocycles. The SMILES string of the molecule is CC(C)Oc1ccc(-c2nnc(-c3cccc4c3CCCC4NS(=O)(=O)CC=O)s2)cc1C#N. The van der Waals surface area contributed by atoms with E-state index >= 15 is 0 Å². The van der Waals surface area contributed by atoms with E-state index in [0.29, 0.717) is 29.0 Å². The van der Waals surface area contributed by atoms with Gasteiger partial charge in [0.25, 0.3) is 0 Å². The summed E-state index contributed by atoms with van der Waals surface area (Å²) in [5.41, 5.74) is 4.07. The van der Waals surface area contributed by atoms with Crippen LogP contribution in [0, 0.1) is 11.3 Å². The fourth-order valence-electron chi connectivity index (χ4n) is 4.08. The van der Waals surface area contributed by atoms with Crippen LogP contribution in [0.3, 0.4) is 0 Å². The second-order valence-corrected chi connectivity index (χ2v) is 11.1. The number of nitrogens with zero attached hydrogens (tertiary/aromatic N) is 3. The van der Waals surface area contributed by atoms with Gasteiger partial charge < -0.3 is 9.53 Å². The summed E-state index contributed by atoms with van der Waals surface area (Å²) in [6.07, 6.45) is 2.63. The molecule has 0 fully saturated rings. The minimum absolute atomic E-state index is 0.0397. The molecule has 1 aliphatic carbocycles. The number of nitriles is 1. The molecule has 4 rings (SSSR count). The number of aromatic nitrogens is 2. The van der Waals surface area contributed by atoms with Crippen LogP contribution < -0.4 is 9.46 Å². The molecule has 0 amide bonds. The van der Waals surface area contributed by atoms with Crippen LogP contribution in [0.4, 0.5) is 0 Å². The lowest BCUT2D eigenvalue weighted by Crippen LogP contribution is -2.33. The quantitative estimate of drug-likeness (QED) is 0.467. The number of hydrogen-bond acceptors (Lipinski definition) is 8. The lowest BCUT2D eigenvalue weighted by molar-refractivity contribution is -0.105. The number of sulfonamides is 1. The monoisotopic (exact) mass is 496 g/mol. The highest BCUT2D eigenvalue weighted by molar-refractivity contribution is 7.90. The Bertz CT molecular complexity index is 1360. The predicted octanol–water partition coefficient (Wildman–Crippen LogP) is 4.03. The normalized spacial score (nSPS) is 15.5. The molecule has 0 radical (unpaired) electrons. The molecular weight excluding hydrogens is 472 g/mol. The van der Waals surface area contributed by atoms with Crippen molar-refractivity contribution >= 4 is 27.6 Å². The van der Waals surface area contributed by atoms with Gasteiger partial charge in [-0.05, 0) is 62.4 Å². The summed E-state index contributed by atoms with van der Waals surface area (Å²) in [6, 6.07) is 12.9. The molecule has 0 saturated heterocycles. The van der Waals surface area contributed by atoms with Gasteiger partial charge in [-0.2, -0.15) is 5.26 Å². The van der Waals surface area contributed by atoms with Crippen molar-refractivity contribution in [1.29, 1.82) is 5.26 Å². The Hall–Kier alpha value is -3.13. The number of benzene rings is 2. The van der Waals surface area contributed by atoms with Crippen molar-refractivity contribution in [2.45, 2.75) is 45.3 Å². The second-order valence-electron chi connectivity index (χ2n) is 8.29. The smallest absolute Gasteiger partial charge is 0.219 e. The van der Waals surface area contributed by atoms with E-state index in [4.69, 9.17) is 4.74 Å². The van der Waals surface area contributed by atoms with Crippen LogP contribution in [-0.4, -0.2) is 36.8 Å². The van der Waals surface area contributed by atoms with Gasteiger partial charge >= 0.3 is 0 Å². The first-order valence-corrected chi connectivity index (χ1v) is 13.4. The van der Waals surface area contributed by atoms with Gasteiger partial charge in [-0.1, -0.05) is 29.5 Å². The maximum Gasteiger partial charge on any atom is 0.219 e. The third kappa shape index (κ3) is 5.17. The standard InChI is InChI=1S/C24H24N4O4S2/c1-15(2)32-22-10-9-16(13-17(22)14-25)23-26-27-24(33-23)20-7-3-6-19-18(20)5-4-8-21(19)28-34(30,31)12-11-29/h3,6-7,9-11,13,15,21,28H,4-5,8,12H2,1-2H3. The Labute approximate surface area is 202 Å². The van der Waals surface area contributed by atoms with Crippen LogP contribution >= 0.6 is 11.3 Å². The van der Waals surface area contributed by atoms with E-state index in [0.717, 1.165) is 40.1 Å². The van der Waals surface area contributed by atoms with Gasteiger partial charge in [0.1, 0.15) is 33.9 Å². The topological polar surface area (TPSA) is 122 Å². The minimum Gasteiger partial charge on any atom is -0.490 e. The van der Waals surface area contributed by atoms with Crippen molar-refractivity contribution < 1.29 is 17.9 Å². The van der Waals surface area contributed by atoms with Crippen LogP contribution in [0.5, 0.6) is 5.75 Å². The first kappa shape index (κ1) is 24.0. The number of hydrogen-bond donors (Lipinski definition) is 1. The van der Waals surface area contributed by atoms with Crippen molar-refractivity contribution in [3.63, 3.8) is 0 Å². The molecule has 1 aliphatic rings. The molecule has 1 atom stereocenters. The molecule has 0 saturated carbocycles. The largest absolute Gasteiger partial charge is 0.490 e. The number of fused-ring (bicyclic) bond motifs is 1. The average molecular weight is 497 g/mol. The summed E-state index contributed by atoms with van der Waals surface area (Å²) in [7, 11) is -3.68. The molecule has 2 aromatic carbocycles. The van der Waals surface area contributed by atoms with Gasteiger partial charge in [0, 0.05) is 17.2 Å². The first-order chi connectivity index (χ1) is 16.3. The lowest BCUT2D eigenvalue weighted by atomic mass is 9.85. The van der Waals surface area contributed by atoms with E-state index in [1.807, 2.05) is 38.1 Å². The van der Waals surface area contributed by atoms with Crippen molar-refractivity contribution in [3.05, 3.63) is 53.1 Å². The Morgan fingerprint density at radius 1 is 1.26 bits per heavy atom. The summed E-state index contributed by atoms with van der Waals surface area (Å²) in [5.74, 6) is -0.0181. The average Bonchev–Trinajstić information content (AvgIpc) is 3.28. The molecule has 1 unspecified atom stereocenters. The fraction of sp³-hybridized carbons (Fsp3) is 0.333. The Morgan fingerprint density at radius 2 is 2.06 bits per heavy atom. The highest BCUT2D eigenvalue weighted by Gasteiger charge is 2.27. The Kier molecular flexibility index (Phi) is 7.07. The number of rotatable bonds is 8. The summed E-state index contributed by atoms with van der Waals surface area (Å²) in [4.78, 5) is 10.7. The highest BCUT2D eigenvalue weighted by atomic mass is 32.2. The van der Waals surface area contributed by atoms with Crippen molar-refractivity contribution in [2.24, 2.45) is 0 Å². The van der Waals surface area contributed by atoms with Gasteiger partial charge in [0.05, 0.1) is 11.7 Å². The fourth-order valence-corrected chi connectivity index (χ4v) is 5.93. The Balaban J connectivity index is 1.66. The highest BCUT2D eigenvalue weighted by Crippen LogP contribution is 2.39. The van der Waals surface area contributed by atoms with E-state index < -0.39 is 15.8 Å². The van der Waals surface area contributed by atoms with E-state index in [1.54, 1.807) is 12.1 Å². The van der Waals surface area contributed by atoms with E-state index in [2.05, 4.69) is 21.0 Å². The van der Waals surface area contributed by atoms with E-state index in [9.17, 15) is 18.5 Å².